The summed E-state index contributed by atoms with van der Waals surface area (Å²) < 4.78 is 5.75. The van der Waals surface area contributed by atoms with Gasteiger partial charge in [-0.2, -0.15) is 0 Å². The van der Waals surface area contributed by atoms with Crippen LogP contribution < -0.4 is 0 Å². The second kappa shape index (κ2) is 7.10. The molecule has 2 aromatic heterocycles. The number of aromatic hydroxyl groups is 1. The lowest BCUT2D eigenvalue weighted by Crippen LogP contribution is -2.07. The number of azo groups is 1. The number of hydrogen-bond donors (Lipinski definition) is 2. The van der Waals surface area contributed by atoms with Crippen LogP contribution in [0.4, 0.5) is 10.8 Å². The minimum absolute atomic E-state index is 0.0600. The van der Waals surface area contributed by atoms with Crippen molar-refractivity contribution in [2.75, 3.05) is 6.61 Å². The molecule has 0 bridgehead atoms. The topological polar surface area (TPSA) is 99.9 Å². The predicted molar refractivity (Wildman–Crippen MR) is 94.3 cm³/mol. The van der Waals surface area contributed by atoms with Crippen molar-refractivity contribution in [2.24, 2.45) is 10.2 Å². The first-order valence-corrected chi connectivity index (χ1v) is 8.76. The van der Waals surface area contributed by atoms with E-state index in [0.29, 0.717) is 23.1 Å². The van der Waals surface area contributed by atoms with Crippen molar-refractivity contribution >= 4 is 55.0 Å². The Bertz CT molecular complexity index is 919. The van der Waals surface area contributed by atoms with Crippen LogP contribution in [0.2, 0.25) is 0 Å². The minimum Gasteiger partial charge on any atom is -0.493 e. The Labute approximate surface area is 149 Å². The number of benzene rings is 1. The Morgan fingerprint density at radius 3 is 3.08 bits per heavy atom. The van der Waals surface area contributed by atoms with Gasteiger partial charge in [-0.15, -0.1) is 21.6 Å². The van der Waals surface area contributed by atoms with Crippen LogP contribution in [0, 0.1) is 0 Å². The lowest BCUT2D eigenvalue weighted by molar-refractivity contribution is -0.142. The monoisotopic (exact) mass is 408 g/mol. The smallest absolute Gasteiger partial charge is 0.311 e. The van der Waals surface area contributed by atoms with Crippen LogP contribution in [0.25, 0.3) is 10.9 Å². The number of esters is 1. The molecule has 9 heteroatoms. The summed E-state index contributed by atoms with van der Waals surface area (Å²) in [5.74, 6) is -0.388. The van der Waals surface area contributed by atoms with Gasteiger partial charge in [-0.3, -0.25) is 4.79 Å². The summed E-state index contributed by atoms with van der Waals surface area (Å²) in [6.45, 7) is 2.09. The van der Waals surface area contributed by atoms with E-state index in [2.05, 4.69) is 36.1 Å². The van der Waals surface area contributed by atoms with E-state index in [9.17, 15) is 9.90 Å². The van der Waals surface area contributed by atoms with E-state index in [1.54, 1.807) is 12.3 Å². The van der Waals surface area contributed by atoms with E-state index in [1.165, 1.54) is 11.3 Å². The highest BCUT2D eigenvalue weighted by Gasteiger charge is 2.12. The Kier molecular flexibility index (Phi) is 4.91. The molecular weight excluding hydrogens is 396 g/mol. The molecule has 0 spiro atoms. The number of halogens is 1. The highest BCUT2D eigenvalue weighted by atomic mass is 79.9. The Morgan fingerprint density at radius 1 is 1.46 bits per heavy atom. The van der Waals surface area contributed by atoms with Crippen molar-refractivity contribution in [3.63, 3.8) is 0 Å². The van der Waals surface area contributed by atoms with Crippen LogP contribution in [0.15, 0.2) is 38.3 Å². The van der Waals surface area contributed by atoms with Crippen molar-refractivity contribution in [3.05, 3.63) is 33.7 Å². The fourth-order valence-electron chi connectivity index (χ4n) is 2.11. The maximum absolute atomic E-state index is 11.4. The fraction of sp³-hybridized carbons (Fsp3) is 0.200. The highest BCUT2D eigenvalue weighted by Crippen LogP contribution is 2.37. The molecule has 0 amide bonds. The standard InChI is InChI=1S/C15H13BrN4O3S/c1-2-23-12(21)6-9-7-24-15(17-9)20-19-13-10-5-8(16)3-4-11(10)18-14(13)22/h3-5,7,18,22H,2,6H2,1H3. The fourth-order valence-corrected chi connectivity index (χ4v) is 3.11. The van der Waals surface area contributed by atoms with Crippen molar-refractivity contribution in [1.82, 2.24) is 9.97 Å². The number of thiazole rings is 1. The van der Waals surface area contributed by atoms with Crippen LogP contribution in [-0.2, 0) is 16.0 Å². The van der Waals surface area contributed by atoms with Crippen molar-refractivity contribution < 1.29 is 14.6 Å². The van der Waals surface area contributed by atoms with Gasteiger partial charge in [-0.1, -0.05) is 15.9 Å². The third-order valence-electron chi connectivity index (χ3n) is 3.12. The van der Waals surface area contributed by atoms with Crippen molar-refractivity contribution in [1.29, 1.82) is 0 Å². The molecule has 3 rings (SSSR count). The van der Waals surface area contributed by atoms with Gasteiger partial charge < -0.3 is 14.8 Å². The Morgan fingerprint density at radius 2 is 2.29 bits per heavy atom. The van der Waals surface area contributed by atoms with E-state index in [-0.39, 0.29) is 18.3 Å². The summed E-state index contributed by atoms with van der Waals surface area (Å²) in [6.07, 6.45) is 0.102. The molecular formula is C15H13BrN4O3S. The zero-order valence-electron chi connectivity index (χ0n) is 12.6. The number of carbonyl (C=O) groups excluding carboxylic acids is 1. The second-order valence-electron chi connectivity index (χ2n) is 4.82. The van der Waals surface area contributed by atoms with Gasteiger partial charge in [0.05, 0.1) is 24.2 Å². The van der Waals surface area contributed by atoms with Gasteiger partial charge in [0.2, 0.25) is 11.0 Å². The maximum Gasteiger partial charge on any atom is 0.311 e. The number of hydrogen-bond acceptors (Lipinski definition) is 7. The first-order chi connectivity index (χ1) is 11.6. The van der Waals surface area contributed by atoms with E-state index < -0.39 is 0 Å². The van der Waals surface area contributed by atoms with E-state index in [4.69, 9.17) is 4.74 Å². The summed E-state index contributed by atoms with van der Waals surface area (Å²) >= 11 is 4.65. The molecule has 0 aliphatic carbocycles. The van der Waals surface area contributed by atoms with Crippen LogP contribution in [-0.4, -0.2) is 27.7 Å². The van der Waals surface area contributed by atoms with Gasteiger partial charge in [0.25, 0.3) is 0 Å². The quantitative estimate of drug-likeness (QED) is 0.475. The van der Waals surface area contributed by atoms with Crippen LogP contribution in [0.5, 0.6) is 5.88 Å². The van der Waals surface area contributed by atoms with E-state index in [1.807, 2.05) is 18.2 Å². The largest absolute Gasteiger partial charge is 0.493 e. The van der Waals surface area contributed by atoms with Gasteiger partial charge in [0.1, 0.15) is 0 Å². The Balaban J connectivity index is 1.81. The summed E-state index contributed by atoms with van der Waals surface area (Å²) in [5, 5.41) is 21.0. The zero-order valence-corrected chi connectivity index (χ0v) is 15.0. The molecule has 7 nitrogen and oxygen atoms in total. The van der Waals surface area contributed by atoms with Gasteiger partial charge >= 0.3 is 5.97 Å². The third kappa shape index (κ3) is 3.62. The highest BCUT2D eigenvalue weighted by molar-refractivity contribution is 9.10. The van der Waals surface area contributed by atoms with Gasteiger partial charge in [0, 0.05) is 15.2 Å². The number of carbonyl (C=O) groups is 1. The first kappa shape index (κ1) is 16.6. The van der Waals surface area contributed by atoms with Crippen LogP contribution in [0.1, 0.15) is 12.6 Å². The number of rotatable bonds is 5. The number of fused-ring (bicyclic) bond motifs is 1. The average molecular weight is 409 g/mol. The zero-order chi connectivity index (χ0) is 17.1. The third-order valence-corrected chi connectivity index (χ3v) is 4.39. The van der Waals surface area contributed by atoms with Gasteiger partial charge in [-0.25, -0.2) is 4.98 Å². The molecule has 0 radical (unpaired) electrons. The molecule has 0 aliphatic heterocycles. The number of ether oxygens (including phenoxy) is 1. The molecule has 0 saturated heterocycles. The lowest BCUT2D eigenvalue weighted by Gasteiger charge is -1.97. The molecule has 0 atom stereocenters. The molecule has 0 saturated carbocycles. The number of nitrogens with one attached hydrogen (secondary N) is 1. The van der Waals surface area contributed by atoms with Crippen molar-refractivity contribution in [3.8, 4) is 5.88 Å². The molecule has 2 heterocycles. The summed E-state index contributed by atoms with van der Waals surface area (Å²) in [4.78, 5) is 18.5. The number of H-pyrrole nitrogens is 1. The van der Waals surface area contributed by atoms with Crippen LogP contribution >= 0.6 is 27.3 Å². The molecule has 0 aliphatic rings. The summed E-state index contributed by atoms with van der Waals surface area (Å²) in [6, 6.07) is 5.54. The predicted octanol–water partition coefficient (Wildman–Crippen LogP) is 4.61. The Hall–Kier alpha value is -2.26. The number of aromatic nitrogens is 2. The van der Waals surface area contributed by atoms with E-state index in [0.717, 1.165) is 15.4 Å². The lowest BCUT2D eigenvalue weighted by atomic mass is 10.2. The molecule has 0 fully saturated rings. The molecule has 124 valence electrons. The van der Waals surface area contributed by atoms with Gasteiger partial charge in [-0.05, 0) is 25.1 Å². The molecule has 24 heavy (non-hydrogen) atoms. The maximum atomic E-state index is 11.4. The molecule has 3 aromatic rings. The van der Waals surface area contributed by atoms with E-state index >= 15 is 0 Å². The van der Waals surface area contributed by atoms with Gasteiger partial charge in [0.15, 0.2) is 5.69 Å². The van der Waals surface area contributed by atoms with Crippen LogP contribution in [0.3, 0.4) is 0 Å². The van der Waals surface area contributed by atoms with Crippen molar-refractivity contribution in [2.45, 2.75) is 13.3 Å². The number of aromatic amines is 1. The SMILES string of the molecule is CCOC(=O)Cc1csc(N=Nc2c(O)[nH]c3ccc(Br)cc23)n1. The first-order valence-electron chi connectivity index (χ1n) is 7.08. The normalized spacial score (nSPS) is 11.4. The summed E-state index contributed by atoms with van der Waals surface area (Å²) in [5.41, 5.74) is 1.68. The second-order valence-corrected chi connectivity index (χ2v) is 6.57. The molecule has 1 aromatic carbocycles. The molecule has 0 unspecified atom stereocenters. The minimum atomic E-state index is -0.328. The summed E-state index contributed by atoms with van der Waals surface area (Å²) in [7, 11) is 0. The number of nitrogens with zero attached hydrogens (tertiary/aromatic N) is 3. The average Bonchev–Trinajstić information content (AvgIpc) is 3.09. The molecule has 2 N–H and O–H groups in total.